The first-order chi connectivity index (χ1) is 6.49. The molecule has 1 saturated heterocycles. The lowest BCUT2D eigenvalue weighted by Crippen LogP contribution is -2.36. The topological polar surface area (TPSA) is 61.2 Å². The summed E-state index contributed by atoms with van der Waals surface area (Å²) in [5.74, 6) is 0.904. The molecule has 5 heteroatoms. The smallest absolute Gasteiger partial charge is 0.147 e. The highest BCUT2D eigenvalue weighted by atomic mass is 32.2. The average Bonchev–Trinajstić information content (AvgIpc) is 2.06. The van der Waals surface area contributed by atoms with E-state index in [0.717, 1.165) is 25.8 Å². The van der Waals surface area contributed by atoms with Crippen LogP contribution in [0.4, 0.5) is 0 Å². The Balaban J connectivity index is 2.27. The van der Waals surface area contributed by atoms with E-state index in [1.165, 1.54) is 6.26 Å². The Morgan fingerprint density at radius 3 is 2.71 bits per heavy atom. The number of hydrogen-bond acceptors (Lipinski definition) is 3. The summed E-state index contributed by atoms with van der Waals surface area (Å²) in [6.45, 7) is 1.63. The third-order valence-electron chi connectivity index (χ3n) is 2.42. The Kier molecular flexibility index (Phi) is 3.92. The van der Waals surface area contributed by atoms with Gasteiger partial charge in [0.1, 0.15) is 9.84 Å². The second-order valence-corrected chi connectivity index (χ2v) is 6.13. The zero-order valence-corrected chi connectivity index (χ0v) is 9.44. The van der Waals surface area contributed by atoms with E-state index in [9.17, 15) is 8.42 Å². The van der Waals surface area contributed by atoms with E-state index in [4.69, 9.17) is 5.41 Å². The zero-order valence-electron chi connectivity index (χ0n) is 8.62. The van der Waals surface area contributed by atoms with Crippen molar-refractivity contribution in [2.45, 2.75) is 25.7 Å². The van der Waals surface area contributed by atoms with Crippen LogP contribution in [0.25, 0.3) is 0 Å². The maximum atomic E-state index is 10.9. The van der Waals surface area contributed by atoms with Crippen LogP contribution in [-0.4, -0.2) is 44.3 Å². The third kappa shape index (κ3) is 4.09. The van der Waals surface area contributed by atoms with E-state index in [1.807, 2.05) is 4.90 Å². The van der Waals surface area contributed by atoms with Gasteiger partial charge in [0, 0.05) is 25.8 Å². The summed E-state index contributed by atoms with van der Waals surface area (Å²) in [6.07, 6.45) is 4.97. The van der Waals surface area contributed by atoms with Crippen LogP contribution < -0.4 is 0 Å². The predicted octanol–water partition coefficient (Wildman–Crippen LogP) is 0.884. The van der Waals surface area contributed by atoms with E-state index in [1.54, 1.807) is 0 Å². The van der Waals surface area contributed by atoms with Crippen molar-refractivity contribution in [3.05, 3.63) is 0 Å². The zero-order chi connectivity index (χ0) is 10.6. The van der Waals surface area contributed by atoms with Gasteiger partial charge in [0.2, 0.25) is 0 Å². The summed E-state index contributed by atoms with van der Waals surface area (Å²) < 4.78 is 21.8. The normalized spacial score (nSPS) is 18.6. The quantitative estimate of drug-likeness (QED) is 0.762. The average molecular weight is 218 g/mol. The van der Waals surface area contributed by atoms with Crippen molar-refractivity contribution in [2.24, 2.45) is 0 Å². The highest BCUT2D eigenvalue weighted by Gasteiger charge is 2.14. The fourth-order valence-corrected chi connectivity index (χ4v) is 2.31. The maximum Gasteiger partial charge on any atom is 0.147 e. The Morgan fingerprint density at radius 2 is 2.14 bits per heavy atom. The lowest BCUT2D eigenvalue weighted by molar-refractivity contribution is 0.367. The fraction of sp³-hybridized carbons (Fsp3) is 0.889. The summed E-state index contributed by atoms with van der Waals surface area (Å²) in [7, 11) is -2.84. The van der Waals surface area contributed by atoms with Crippen molar-refractivity contribution in [3.63, 3.8) is 0 Å². The Morgan fingerprint density at radius 1 is 1.43 bits per heavy atom. The summed E-state index contributed by atoms with van der Waals surface area (Å²) in [5.41, 5.74) is 0. The minimum atomic E-state index is -2.84. The van der Waals surface area contributed by atoms with E-state index >= 15 is 0 Å². The van der Waals surface area contributed by atoms with Gasteiger partial charge in [0.05, 0.1) is 11.6 Å². The number of nitrogens with one attached hydrogen (secondary N) is 1. The molecule has 1 rings (SSSR count). The molecule has 0 aromatic heterocycles. The lowest BCUT2D eigenvalue weighted by atomic mass is 10.1. The third-order valence-corrected chi connectivity index (χ3v) is 3.45. The number of likely N-dealkylation sites (tertiary alicyclic amines) is 1. The molecule has 14 heavy (non-hydrogen) atoms. The standard InChI is InChI=1S/C9H18N2O2S/c1-14(12,13)8-4-7-11-6-3-2-5-9(11)10/h10H,2-8H2,1H3. The molecule has 0 unspecified atom stereocenters. The number of hydrogen-bond donors (Lipinski definition) is 1. The molecule has 1 N–H and O–H groups in total. The highest BCUT2D eigenvalue weighted by molar-refractivity contribution is 7.90. The van der Waals surface area contributed by atoms with Crippen LogP contribution in [0.5, 0.6) is 0 Å². The number of amidine groups is 1. The first-order valence-corrected chi connectivity index (χ1v) is 7.05. The molecule has 82 valence electrons. The van der Waals surface area contributed by atoms with Crippen LogP contribution in [0.1, 0.15) is 25.7 Å². The molecule has 0 spiro atoms. The van der Waals surface area contributed by atoms with Crippen molar-refractivity contribution in [1.82, 2.24) is 4.90 Å². The molecular weight excluding hydrogens is 200 g/mol. The highest BCUT2D eigenvalue weighted by Crippen LogP contribution is 2.11. The molecule has 0 aliphatic carbocycles. The molecule has 1 aliphatic rings. The van der Waals surface area contributed by atoms with E-state index in [2.05, 4.69) is 0 Å². The Hall–Kier alpha value is -0.580. The van der Waals surface area contributed by atoms with Crippen LogP contribution in [0, 0.1) is 5.41 Å². The molecular formula is C9H18N2O2S. The Labute approximate surface area is 85.7 Å². The van der Waals surface area contributed by atoms with E-state index in [0.29, 0.717) is 18.8 Å². The van der Waals surface area contributed by atoms with E-state index < -0.39 is 9.84 Å². The summed E-state index contributed by atoms with van der Waals surface area (Å²) in [6, 6.07) is 0. The van der Waals surface area contributed by atoms with Crippen LogP contribution in [-0.2, 0) is 9.84 Å². The number of sulfone groups is 1. The molecule has 0 bridgehead atoms. The van der Waals surface area contributed by atoms with Gasteiger partial charge in [-0.25, -0.2) is 8.42 Å². The van der Waals surface area contributed by atoms with Crippen molar-refractivity contribution in [2.75, 3.05) is 25.1 Å². The minimum absolute atomic E-state index is 0.233. The van der Waals surface area contributed by atoms with Gasteiger partial charge in [-0.2, -0.15) is 0 Å². The predicted molar refractivity (Wildman–Crippen MR) is 57.5 cm³/mol. The fourth-order valence-electron chi connectivity index (χ4n) is 1.65. The summed E-state index contributed by atoms with van der Waals surface area (Å²) >= 11 is 0. The lowest BCUT2D eigenvalue weighted by Gasteiger charge is -2.29. The maximum absolute atomic E-state index is 10.9. The molecule has 4 nitrogen and oxygen atoms in total. The number of nitrogens with zero attached hydrogens (tertiary/aromatic N) is 1. The first-order valence-electron chi connectivity index (χ1n) is 4.99. The largest absolute Gasteiger partial charge is 0.361 e. The minimum Gasteiger partial charge on any atom is -0.361 e. The molecule has 1 heterocycles. The van der Waals surface area contributed by atoms with Gasteiger partial charge in [-0.15, -0.1) is 0 Å². The second kappa shape index (κ2) is 4.77. The van der Waals surface area contributed by atoms with Gasteiger partial charge in [0.25, 0.3) is 0 Å². The second-order valence-electron chi connectivity index (χ2n) is 3.87. The van der Waals surface area contributed by atoms with Gasteiger partial charge in [0.15, 0.2) is 0 Å². The van der Waals surface area contributed by atoms with Crippen molar-refractivity contribution < 1.29 is 8.42 Å². The summed E-state index contributed by atoms with van der Waals surface area (Å²) in [4.78, 5) is 1.99. The SMILES string of the molecule is CS(=O)(=O)CCCN1CCCCC1=N. The molecule has 0 saturated carbocycles. The molecule has 0 amide bonds. The molecule has 1 fully saturated rings. The van der Waals surface area contributed by atoms with Crippen molar-refractivity contribution in [1.29, 1.82) is 5.41 Å². The Bertz CT molecular complexity index is 298. The monoisotopic (exact) mass is 218 g/mol. The van der Waals surface area contributed by atoms with Gasteiger partial charge in [-0.05, 0) is 19.3 Å². The molecule has 0 aromatic rings. The van der Waals surface area contributed by atoms with Gasteiger partial charge >= 0.3 is 0 Å². The van der Waals surface area contributed by atoms with Crippen LogP contribution >= 0.6 is 0 Å². The van der Waals surface area contributed by atoms with Gasteiger partial charge in [-0.3, -0.25) is 5.41 Å². The molecule has 0 aromatic carbocycles. The van der Waals surface area contributed by atoms with Crippen molar-refractivity contribution >= 4 is 15.7 Å². The first kappa shape index (κ1) is 11.5. The van der Waals surface area contributed by atoms with Crippen LogP contribution in [0.2, 0.25) is 0 Å². The van der Waals surface area contributed by atoms with Crippen LogP contribution in [0.15, 0.2) is 0 Å². The number of rotatable bonds is 4. The van der Waals surface area contributed by atoms with Crippen LogP contribution in [0.3, 0.4) is 0 Å². The molecule has 1 aliphatic heterocycles. The van der Waals surface area contributed by atoms with Gasteiger partial charge in [-0.1, -0.05) is 0 Å². The van der Waals surface area contributed by atoms with E-state index in [-0.39, 0.29) is 5.75 Å². The van der Waals surface area contributed by atoms with Crippen molar-refractivity contribution in [3.8, 4) is 0 Å². The molecule has 0 radical (unpaired) electrons. The molecule has 0 atom stereocenters. The summed E-state index contributed by atoms with van der Waals surface area (Å²) in [5, 5.41) is 7.66. The van der Waals surface area contributed by atoms with Gasteiger partial charge < -0.3 is 4.90 Å². The number of piperidine rings is 1.